The largest absolute Gasteiger partial charge is 0.480 e. The van der Waals surface area contributed by atoms with Crippen LogP contribution in [0, 0.1) is 17.8 Å². The van der Waals surface area contributed by atoms with E-state index in [9.17, 15) is 9.59 Å². The molecule has 1 atom stereocenters. The lowest BCUT2D eigenvalue weighted by Gasteiger charge is -2.28. The third-order valence-electron chi connectivity index (χ3n) is 3.54. The fraction of sp³-hybridized carbons (Fsp3) is 0.786. The highest BCUT2D eigenvalue weighted by atomic mass is 16.4. The van der Waals surface area contributed by atoms with E-state index < -0.39 is 12.0 Å². The SMILES string of the molecule is CC1CCC(C(C)C)CC1.NC(C=C=O)C(=O)O. The van der Waals surface area contributed by atoms with E-state index in [1.54, 1.807) is 0 Å². The lowest BCUT2D eigenvalue weighted by Crippen LogP contribution is -2.27. The minimum absolute atomic E-state index is 0.738. The van der Waals surface area contributed by atoms with Crippen LogP contribution in [0.15, 0.2) is 6.08 Å². The summed E-state index contributed by atoms with van der Waals surface area (Å²) < 4.78 is 0. The third kappa shape index (κ3) is 7.25. The van der Waals surface area contributed by atoms with Crippen LogP contribution in [0.1, 0.15) is 46.5 Å². The van der Waals surface area contributed by atoms with Gasteiger partial charge in [-0.15, -0.1) is 0 Å². The maximum absolute atomic E-state index is 9.75. The molecule has 1 aliphatic rings. The Kier molecular flexibility index (Phi) is 8.34. The normalized spacial score (nSPS) is 24.5. The summed E-state index contributed by atoms with van der Waals surface area (Å²) in [6.07, 6.45) is 6.66. The van der Waals surface area contributed by atoms with Crippen molar-refractivity contribution < 1.29 is 14.7 Å². The van der Waals surface area contributed by atoms with Crippen molar-refractivity contribution in [2.45, 2.75) is 52.5 Å². The van der Waals surface area contributed by atoms with Gasteiger partial charge in [-0.05, 0) is 30.6 Å². The molecule has 1 aliphatic carbocycles. The first-order valence-electron chi connectivity index (χ1n) is 6.57. The topological polar surface area (TPSA) is 80.4 Å². The lowest BCUT2D eigenvalue weighted by atomic mass is 9.78. The van der Waals surface area contributed by atoms with Gasteiger partial charge in [0, 0.05) is 6.08 Å². The van der Waals surface area contributed by atoms with E-state index >= 15 is 0 Å². The highest BCUT2D eigenvalue weighted by Gasteiger charge is 2.20. The van der Waals surface area contributed by atoms with Gasteiger partial charge in [-0.2, -0.15) is 0 Å². The van der Waals surface area contributed by atoms with Crippen LogP contribution in [0.25, 0.3) is 0 Å². The van der Waals surface area contributed by atoms with Crippen LogP contribution in [-0.4, -0.2) is 23.1 Å². The molecule has 18 heavy (non-hydrogen) atoms. The molecule has 1 unspecified atom stereocenters. The molecular weight excluding hydrogens is 230 g/mol. The van der Waals surface area contributed by atoms with Gasteiger partial charge in [0.25, 0.3) is 0 Å². The molecular formula is C14H25NO3. The summed E-state index contributed by atoms with van der Waals surface area (Å²) in [5.74, 6) is 3.01. The molecule has 4 nitrogen and oxygen atoms in total. The van der Waals surface area contributed by atoms with Crippen LogP contribution in [0.2, 0.25) is 0 Å². The van der Waals surface area contributed by atoms with Gasteiger partial charge in [-0.1, -0.05) is 33.6 Å². The van der Waals surface area contributed by atoms with Crippen LogP contribution < -0.4 is 5.73 Å². The molecule has 0 aromatic rings. The highest BCUT2D eigenvalue weighted by Crippen LogP contribution is 2.32. The van der Waals surface area contributed by atoms with E-state index in [2.05, 4.69) is 20.8 Å². The molecule has 3 N–H and O–H groups in total. The van der Waals surface area contributed by atoms with Crippen molar-refractivity contribution in [1.29, 1.82) is 0 Å². The Bertz CT molecular complexity index is 285. The first-order chi connectivity index (χ1) is 8.38. The molecule has 104 valence electrons. The molecule has 1 saturated carbocycles. The number of hydrogen-bond donors (Lipinski definition) is 2. The summed E-state index contributed by atoms with van der Waals surface area (Å²) in [6.45, 7) is 7.11. The molecule has 0 spiro atoms. The summed E-state index contributed by atoms with van der Waals surface area (Å²) >= 11 is 0. The van der Waals surface area contributed by atoms with E-state index in [4.69, 9.17) is 10.8 Å². The summed E-state index contributed by atoms with van der Waals surface area (Å²) in [5, 5.41) is 7.98. The van der Waals surface area contributed by atoms with Crippen molar-refractivity contribution in [2.24, 2.45) is 23.5 Å². The first-order valence-corrected chi connectivity index (χ1v) is 6.57. The molecule has 0 heterocycles. The Morgan fingerprint density at radius 2 is 1.83 bits per heavy atom. The lowest BCUT2D eigenvalue weighted by molar-refractivity contribution is -0.137. The van der Waals surface area contributed by atoms with E-state index in [0.29, 0.717) is 0 Å². The van der Waals surface area contributed by atoms with Gasteiger partial charge in [0.05, 0.1) is 0 Å². The molecule has 0 bridgehead atoms. The van der Waals surface area contributed by atoms with Gasteiger partial charge in [0.15, 0.2) is 0 Å². The van der Waals surface area contributed by atoms with Gasteiger partial charge < -0.3 is 10.8 Å². The van der Waals surface area contributed by atoms with Gasteiger partial charge >= 0.3 is 5.97 Å². The van der Waals surface area contributed by atoms with Crippen molar-refractivity contribution in [3.05, 3.63) is 6.08 Å². The fourth-order valence-electron chi connectivity index (χ4n) is 2.10. The molecule has 0 aromatic carbocycles. The Hall–Kier alpha value is -1.12. The van der Waals surface area contributed by atoms with E-state index in [1.807, 2.05) is 0 Å². The predicted molar refractivity (Wildman–Crippen MR) is 71.8 cm³/mol. The average Bonchev–Trinajstić information content (AvgIpc) is 2.30. The standard InChI is InChI=1S/C10H20.C4H5NO3/c1-8(2)10-6-4-9(3)5-7-10;5-3(1-2-6)4(7)8/h8-10H,4-7H2,1-3H3;1,3H,5H2,(H,7,8). The third-order valence-corrected chi connectivity index (χ3v) is 3.54. The first kappa shape index (κ1) is 16.9. The molecule has 1 rings (SSSR count). The molecule has 0 aliphatic heterocycles. The number of carboxylic acids is 1. The second-order valence-electron chi connectivity index (χ2n) is 5.41. The monoisotopic (exact) mass is 255 g/mol. The zero-order chi connectivity index (χ0) is 14.1. The van der Waals surface area contributed by atoms with E-state index in [0.717, 1.165) is 23.8 Å². The number of nitrogens with two attached hydrogens (primary N) is 1. The molecule has 0 aromatic heterocycles. The van der Waals surface area contributed by atoms with Crippen LogP contribution in [0.5, 0.6) is 0 Å². The minimum atomic E-state index is -1.23. The van der Waals surface area contributed by atoms with Gasteiger partial charge in [0.2, 0.25) is 0 Å². The Balaban J connectivity index is 0.000000331. The molecule has 0 radical (unpaired) electrons. The zero-order valence-corrected chi connectivity index (χ0v) is 11.6. The van der Waals surface area contributed by atoms with Crippen LogP contribution in [0.4, 0.5) is 0 Å². The Morgan fingerprint density at radius 3 is 2.11 bits per heavy atom. The van der Waals surface area contributed by atoms with Gasteiger partial charge in [-0.3, -0.25) is 4.79 Å². The smallest absolute Gasteiger partial charge is 0.325 e. The number of carboxylic acid groups (broad SMARTS) is 1. The zero-order valence-electron chi connectivity index (χ0n) is 11.6. The van der Waals surface area contributed by atoms with Crippen LogP contribution >= 0.6 is 0 Å². The Morgan fingerprint density at radius 1 is 1.33 bits per heavy atom. The number of carbonyl (C=O) groups excluding carboxylic acids is 1. The summed E-state index contributed by atoms with van der Waals surface area (Å²) in [4.78, 5) is 19.1. The van der Waals surface area contributed by atoms with Crippen LogP contribution in [0.3, 0.4) is 0 Å². The van der Waals surface area contributed by atoms with Crippen molar-refractivity contribution >= 4 is 11.9 Å². The summed E-state index contributed by atoms with van der Waals surface area (Å²) in [6, 6.07) is -1.22. The van der Waals surface area contributed by atoms with E-state index in [-0.39, 0.29) is 0 Å². The van der Waals surface area contributed by atoms with Crippen molar-refractivity contribution in [3.8, 4) is 0 Å². The Labute approximate surface area is 109 Å². The molecule has 0 amide bonds. The second kappa shape index (κ2) is 8.90. The summed E-state index contributed by atoms with van der Waals surface area (Å²) in [7, 11) is 0. The van der Waals surface area contributed by atoms with Crippen molar-refractivity contribution in [3.63, 3.8) is 0 Å². The minimum Gasteiger partial charge on any atom is -0.480 e. The maximum atomic E-state index is 9.75. The predicted octanol–water partition coefficient (Wildman–Crippen LogP) is 2.25. The van der Waals surface area contributed by atoms with Crippen LogP contribution in [-0.2, 0) is 9.59 Å². The second-order valence-corrected chi connectivity index (χ2v) is 5.41. The molecule has 1 fully saturated rings. The van der Waals surface area contributed by atoms with Gasteiger partial charge in [-0.25, -0.2) is 4.79 Å². The average molecular weight is 255 g/mol. The number of rotatable bonds is 3. The summed E-state index contributed by atoms with van der Waals surface area (Å²) in [5.41, 5.74) is 4.81. The highest BCUT2D eigenvalue weighted by molar-refractivity contribution is 5.78. The molecule has 4 heteroatoms. The quantitative estimate of drug-likeness (QED) is 0.758. The van der Waals surface area contributed by atoms with E-state index in [1.165, 1.54) is 31.6 Å². The number of carbonyl (C=O) groups is 1. The maximum Gasteiger partial charge on any atom is 0.325 e. The van der Waals surface area contributed by atoms with Crippen molar-refractivity contribution in [1.82, 2.24) is 0 Å². The number of hydrogen-bond acceptors (Lipinski definition) is 3. The molecule has 0 saturated heterocycles. The van der Waals surface area contributed by atoms with Crippen molar-refractivity contribution in [2.75, 3.05) is 0 Å². The number of aliphatic carboxylic acids is 1. The van der Waals surface area contributed by atoms with Gasteiger partial charge in [0.1, 0.15) is 12.0 Å². The fourth-order valence-corrected chi connectivity index (χ4v) is 2.10.